The highest BCUT2D eigenvalue weighted by atomic mass is 35.5. The van der Waals surface area contributed by atoms with Crippen molar-refractivity contribution in [2.75, 3.05) is 13.7 Å². The third-order valence-corrected chi connectivity index (χ3v) is 5.32. The Bertz CT molecular complexity index is 1000. The maximum absolute atomic E-state index is 12.5. The van der Waals surface area contributed by atoms with Gasteiger partial charge < -0.3 is 20.4 Å². The van der Waals surface area contributed by atoms with Crippen LogP contribution in [-0.4, -0.2) is 36.6 Å². The number of fused-ring (bicyclic) bond motifs is 1. The zero-order chi connectivity index (χ0) is 20.8. The average Bonchev–Trinajstić information content (AvgIpc) is 3.14. The van der Waals surface area contributed by atoms with Crippen LogP contribution in [0.3, 0.4) is 0 Å². The molecule has 0 unspecified atom stereocenters. The normalized spacial score (nSPS) is 13.1. The summed E-state index contributed by atoms with van der Waals surface area (Å²) in [6.07, 6.45) is 2.21. The fraction of sp³-hybridized carbons (Fsp3) is 0.273. The largest absolute Gasteiger partial charge is 0.467 e. The number of aromatic amines is 1. The van der Waals surface area contributed by atoms with Gasteiger partial charge in [0, 0.05) is 34.1 Å². The SMILES string of the molecule is COC(=O)[C@H](Cc1c[nH]c2ccccc12)NC(=O)C[NH2+][C@@H](C)c1ccccc1Cl. The predicted molar refractivity (Wildman–Crippen MR) is 113 cm³/mol. The van der Waals surface area contributed by atoms with E-state index < -0.39 is 12.0 Å². The van der Waals surface area contributed by atoms with E-state index in [1.165, 1.54) is 7.11 Å². The van der Waals surface area contributed by atoms with Crippen LogP contribution in [0.25, 0.3) is 10.9 Å². The maximum Gasteiger partial charge on any atom is 0.328 e. The number of H-pyrrole nitrogens is 1. The summed E-state index contributed by atoms with van der Waals surface area (Å²) in [5, 5.41) is 6.38. The first kappa shape index (κ1) is 20.9. The lowest BCUT2D eigenvalue weighted by atomic mass is 10.0. The number of carbonyl (C=O) groups excluding carboxylic acids is 2. The molecule has 4 N–H and O–H groups in total. The van der Waals surface area contributed by atoms with Crippen LogP contribution in [0.2, 0.25) is 5.02 Å². The van der Waals surface area contributed by atoms with Gasteiger partial charge in [-0.15, -0.1) is 0 Å². The summed E-state index contributed by atoms with van der Waals surface area (Å²) in [5.41, 5.74) is 2.90. The minimum Gasteiger partial charge on any atom is -0.467 e. The van der Waals surface area contributed by atoms with Gasteiger partial charge in [0.2, 0.25) is 0 Å². The monoisotopic (exact) mass is 414 g/mol. The van der Waals surface area contributed by atoms with Gasteiger partial charge in [0.15, 0.2) is 6.54 Å². The molecule has 3 aromatic rings. The van der Waals surface area contributed by atoms with Gasteiger partial charge in [-0.25, -0.2) is 4.79 Å². The fourth-order valence-corrected chi connectivity index (χ4v) is 3.67. The van der Waals surface area contributed by atoms with Gasteiger partial charge in [-0.05, 0) is 24.6 Å². The number of carbonyl (C=O) groups is 2. The molecule has 0 bridgehead atoms. The molecule has 0 spiro atoms. The smallest absolute Gasteiger partial charge is 0.328 e. The Labute approximate surface area is 174 Å². The van der Waals surface area contributed by atoms with Gasteiger partial charge >= 0.3 is 5.97 Å². The van der Waals surface area contributed by atoms with E-state index >= 15 is 0 Å². The number of amides is 1. The van der Waals surface area contributed by atoms with Crippen LogP contribution in [0, 0.1) is 0 Å². The summed E-state index contributed by atoms with van der Waals surface area (Å²) >= 11 is 6.22. The second-order valence-corrected chi connectivity index (χ2v) is 7.36. The number of aromatic nitrogens is 1. The number of methoxy groups -OCH3 is 1. The standard InChI is InChI=1S/C22H24ClN3O3/c1-14(16-7-3-5-9-18(16)23)24-13-21(27)26-20(22(28)29-2)11-15-12-25-19-10-6-4-8-17(15)19/h3-10,12,14,20,24-25H,11,13H2,1-2H3,(H,26,27)/p+1/t14-,20-/m0/s1. The van der Waals surface area contributed by atoms with E-state index in [1.54, 1.807) is 0 Å². The maximum atomic E-state index is 12.5. The average molecular weight is 415 g/mol. The van der Waals surface area contributed by atoms with Crippen LogP contribution in [0.1, 0.15) is 24.1 Å². The van der Waals surface area contributed by atoms with Crippen molar-refractivity contribution in [2.24, 2.45) is 0 Å². The molecule has 1 aromatic heterocycles. The summed E-state index contributed by atoms with van der Waals surface area (Å²) in [5.74, 6) is -0.707. The van der Waals surface area contributed by atoms with Crippen LogP contribution in [0.4, 0.5) is 0 Å². The van der Waals surface area contributed by atoms with E-state index in [9.17, 15) is 9.59 Å². The third-order valence-electron chi connectivity index (χ3n) is 4.97. The highest BCUT2D eigenvalue weighted by Crippen LogP contribution is 2.20. The van der Waals surface area contributed by atoms with E-state index in [1.807, 2.05) is 67.0 Å². The molecule has 152 valence electrons. The highest BCUT2D eigenvalue weighted by Gasteiger charge is 2.24. The Morgan fingerprint density at radius 2 is 1.90 bits per heavy atom. The first-order valence-electron chi connectivity index (χ1n) is 9.49. The number of esters is 1. The molecule has 6 nitrogen and oxygen atoms in total. The van der Waals surface area contributed by atoms with Crippen molar-refractivity contribution in [3.8, 4) is 0 Å². The Kier molecular flexibility index (Phi) is 6.90. The molecule has 3 rings (SSSR count). The molecular weight excluding hydrogens is 390 g/mol. The van der Waals surface area contributed by atoms with E-state index in [2.05, 4.69) is 10.3 Å². The van der Waals surface area contributed by atoms with Crippen molar-refractivity contribution in [1.82, 2.24) is 10.3 Å². The highest BCUT2D eigenvalue weighted by molar-refractivity contribution is 6.31. The van der Waals surface area contributed by atoms with Crippen molar-refractivity contribution in [1.29, 1.82) is 0 Å². The van der Waals surface area contributed by atoms with E-state index in [0.717, 1.165) is 22.0 Å². The number of benzene rings is 2. The Hall–Kier alpha value is -2.83. The molecular formula is C22H25ClN3O3+. The summed E-state index contributed by atoms with van der Waals surface area (Å²) in [6.45, 7) is 2.16. The molecule has 0 radical (unpaired) electrons. The lowest BCUT2D eigenvalue weighted by Gasteiger charge is -2.17. The van der Waals surface area contributed by atoms with Gasteiger partial charge in [0.25, 0.3) is 5.91 Å². The zero-order valence-electron chi connectivity index (χ0n) is 16.4. The van der Waals surface area contributed by atoms with Gasteiger partial charge in [0.1, 0.15) is 12.1 Å². The van der Waals surface area contributed by atoms with E-state index in [-0.39, 0.29) is 18.5 Å². The summed E-state index contributed by atoms with van der Waals surface area (Å²) in [4.78, 5) is 27.9. The van der Waals surface area contributed by atoms with Crippen LogP contribution >= 0.6 is 11.6 Å². The molecule has 1 amide bonds. The number of halogens is 1. The van der Waals surface area contributed by atoms with Crippen molar-refractivity contribution < 1.29 is 19.6 Å². The number of nitrogens with one attached hydrogen (secondary N) is 2. The molecule has 1 heterocycles. The fourth-order valence-electron chi connectivity index (χ4n) is 3.36. The second kappa shape index (κ2) is 9.58. The summed E-state index contributed by atoms with van der Waals surface area (Å²) in [6, 6.07) is 14.7. The van der Waals surface area contributed by atoms with Crippen LogP contribution in [0.5, 0.6) is 0 Å². The number of ether oxygens (including phenoxy) is 1. The molecule has 2 atom stereocenters. The molecule has 0 aliphatic rings. The summed E-state index contributed by atoms with van der Waals surface area (Å²) in [7, 11) is 1.32. The lowest BCUT2D eigenvalue weighted by Crippen LogP contribution is -2.87. The van der Waals surface area contributed by atoms with Crippen LogP contribution in [0.15, 0.2) is 54.7 Å². The number of hydrogen-bond donors (Lipinski definition) is 3. The van der Waals surface area contributed by atoms with Gasteiger partial charge in [0.05, 0.1) is 7.11 Å². The molecule has 0 saturated carbocycles. The zero-order valence-corrected chi connectivity index (χ0v) is 17.2. The van der Waals surface area contributed by atoms with E-state index in [4.69, 9.17) is 16.3 Å². The number of quaternary nitrogens is 1. The first-order chi connectivity index (χ1) is 14.0. The third kappa shape index (κ3) is 5.16. The predicted octanol–water partition coefficient (Wildman–Crippen LogP) is 2.35. The minimum atomic E-state index is -0.754. The van der Waals surface area contributed by atoms with Crippen LogP contribution in [-0.2, 0) is 20.7 Å². The number of rotatable bonds is 8. The van der Waals surface area contributed by atoms with Crippen molar-refractivity contribution in [2.45, 2.75) is 25.4 Å². The van der Waals surface area contributed by atoms with E-state index in [0.29, 0.717) is 11.4 Å². The molecule has 0 aliphatic heterocycles. The molecule has 29 heavy (non-hydrogen) atoms. The Morgan fingerprint density at radius 1 is 1.17 bits per heavy atom. The summed E-state index contributed by atoms with van der Waals surface area (Å²) < 4.78 is 4.89. The number of para-hydroxylation sites is 1. The van der Waals surface area contributed by atoms with Crippen LogP contribution < -0.4 is 10.6 Å². The lowest BCUT2D eigenvalue weighted by molar-refractivity contribution is -0.682. The number of nitrogens with two attached hydrogens (primary N) is 1. The van der Waals surface area contributed by atoms with Crippen molar-refractivity contribution in [3.63, 3.8) is 0 Å². The van der Waals surface area contributed by atoms with Crippen molar-refractivity contribution >= 4 is 34.4 Å². The number of hydrogen-bond acceptors (Lipinski definition) is 3. The quantitative estimate of drug-likeness (QED) is 0.494. The second-order valence-electron chi connectivity index (χ2n) is 6.96. The molecule has 0 aliphatic carbocycles. The molecule has 7 heteroatoms. The minimum absolute atomic E-state index is 0.0136. The van der Waals surface area contributed by atoms with Gasteiger partial charge in [-0.3, -0.25) is 4.79 Å². The molecule has 0 saturated heterocycles. The van der Waals surface area contributed by atoms with Gasteiger partial charge in [-0.2, -0.15) is 0 Å². The first-order valence-corrected chi connectivity index (χ1v) is 9.87. The Balaban J connectivity index is 1.63. The molecule has 2 aromatic carbocycles. The van der Waals surface area contributed by atoms with Crippen molar-refractivity contribution in [3.05, 3.63) is 70.9 Å². The topological polar surface area (TPSA) is 87.8 Å². The Morgan fingerprint density at radius 3 is 2.66 bits per heavy atom. The molecule has 0 fully saturated rings. The van der Waals surface area contributed by atoms with Gasteiger partial charge in [-0.1, -0.05) is 48.0 Å².